The Kier molecular flexibility index (Phi) is 4.52. The molecule has 104 valence electrons. The number of carbonyl (C=O) groups excluding carboxylic acids is 1. The minimum atomic E-state index is -0.443. The molecule has 6 heteroatoms. The van der Waals surface area contributed by atoms with Crippen LogP contribution in [-0.4, -0.2) is 22.4 Å². The lowest BCUT2D eigenvalue weighted by Gasteiger charge is -2.36. The highest BCUT2D eigenvalue weighted by Gasteiger charge is 2.39. The number of carbonyl (C=O) groups is 1. The van der Waals surface area contributed by atoms with Crippen molar-refractivity contribution in [3.8, 4) is 0 Å². The number of anilines is 1. The van der Waals surface area contributed by atoms with E-state index in [-0.39, 0.29) is 5.91 Å². The predicted octanol–water partition coefficient (Wildman–Crippen LogP) is 2.33. The van der Waals surface area contributed by atoms with E-state index in [9.17, 15) is 4.79 Å². The van der Waals surface area contributed by atoms with Crippen LogP contribution in [0.3, 0.4) is 0 Å². The van der Waals surface area contributed by atoms with Crippen molar-refractivity contribution in [2.24, 2.45) is 17.1 Å². The van der Waals surface area contributed by atoms with E-state index in [1.54, 1.807) is 6.20 Å². The van der Waals surface area contributed by atoms with Crippen LogP contribution in [0.15, 0.2) is 17.0 Å². The molecule has 0 aliphatic heterocycles. The van der Waals surface area contributed by atoms with E-state index in [0.717, 1.165) is 25.7 Å². The molecule has 0 atom stereocenters. The van der Waals surface area contributed by atoms with E-state index in [4.69, 9.17) is 5.73 Å². The molecule has 1 aromatic rings. The third-order valence-electron chi connectivity index (χ3n) is 3.97. The maximum Gasteiger partial charge on any atom is 0.233 e. The van der Waals surface area contributed by atoms with Gasteiger partial charge in [0.05, 0.1) is 17.8 Å². The number of halogens is 1. The molecule has 1 amide bonds. The molecule has 1 heterocycles. The van der Waals surface area contributed by atoms with Crippen molar-refractivity contribution in [2.75, 3.05) is 11.9 Å². The van der Waals surface area contributed by atoms with Gasteiger partial charge in [0, 0.05) is 6.54 Å². The van der Waals surface area contributed by atoms with Crippen LogP contribution in [0.1, 0.15) is 32.6 Å². The molecule has 1 aromatic heterocycles. The van der Waals surface area contributed by atoms with Crippen LogP contribution in [0.25, 0.3) is 0 Å². The molecule has 0 saturated heterocycles. The lowest BCUT2D eigenvalue weighted by atomic mass is 9.70. The standard InChI is InChI=1S/C13H19BrN4O/c1-9-2-4-13(8-15,5-3-9)12(19)18-11-7-16-10(14)6-17-11/h6-7,9H,2-5,8,15H2,1H3,(H,17,18,19). The van der Waals surface area contributed by atoms with Crippen molar-refractivity contribution >= 4 is 27.7 Å². The van der Waals surface area contributed by atoms with E-state index in [0.29, 0.717) is 22.9 Å². The van der Waals surface area contributed by atoms with Crippen molar-refractivity contribution in [1.82, 2.24) is 9.97 Å². The summed E-state index contributed by atoms with van der Waals surface area (Å²) in [5.41, 5.74) is 5.41. The van der Waals surface area contributed by atoms with E-state index >= 15 is 0 Å². The van der Waals surface area contributed by atoms with Crippen LogP contribution in [-0.2, 0) is 4.79 Å². The van der Waals surface area contributed by atoms with Gasteiger partial charge in [-0.05, 0) is 47.5 Å². The number of nitrogens with two attached hydrogens (primary N) is 1. The molecular formula is C13H19BrN4O. The predicted molar refractivity (Wildman–Crippen MR) is 77.5 cm³/mol. The number of amides is 1. The maximum absolute atomic E-state index is 12.4. The highest BCUT2D eigenvalue weighted by atomic mass is 79.9. The number of nitrogens with one attached hydrogen (secondary N) is 1. The average molecular weight is 327 g/mol. The van der Waals surface area contributed by atoms with Gasteiger partial charge in [-0.15, -0.1) is 0 Å². The smallest absolute Gasteiger partial charge is 0.233 e. The van der Waals surface area contributed by atoms with E-state index < -0.39 is 5.41 Å². The first kappa shape index (κ1) is 14.4. The summed E-state index contributed by atoms with van der Waals surface area (Å²) >= 11 is 3.21. The van der Waals surface area contributed by atoms with Gasteiger partial charge >= 0.3 is 0 Å². The van der Waals surface area contributed by atoms with Crippen LogP contribution in [0.2, 0.25) is 0 Å². The fourth-order valence-electron chi connectivity index (χ4n) is 2.46. The summed E-state index contributed by atoms with van der Waals surface area (Å²) in [6, 6.07) is 0. The molecule has 1 aliphatic rings. The molecular weight excluding hydrogens is 308 g/mol. The van der Waals surface area contributed by atoms with Crippen LogP contribution in [0.4, 0.5) is 5.82 Å². The molecule has 0 spiro atoms. The SMILES string of the molecule is CC1CCC(CN)(C(=O)Nc2cnc(Br)cn2)CC1. The minimum Gasteiger partial charge on any atom is -0.329 e. The lowest BCUT2D eigenvalue weighted by Crippen LogP contribution is -2.45. The molecule has 0 bridgehead atoms. The Morgan fingerprint density at radius 3 is 2.68 bits per heavy atom. The minimum absolute atomic E-state index is 0.0291. The Morgan fingerprint density at radius 1 is 1.47 bits per heavy atom. The highest BCUT2D eigenvalue weighted by molar-refractivity contribution is 9.10. The lowest BCUT2D eigenvalue weighted by molar-refractivity contribution is -0.127. The van der Waals surface area contributed by atoms with E-state index in [1.165, 1.54) is 6.20 Å². The second kappa shape index (κ2) is 5.96. The zero-order chi connectivity index (χ0) is 13.9. The summed E-state index contributed by atoms with van der Waals surface area (Å²) < 4.78 is 0.644. The Bertz CT molecular complexity index is 440. The molecule has 3 N–H and O–H groups in total. The van der Waals surface area contributed by atoms with Crippen LogP contribution >= 0.6 is 15.9 Å². The van der Waals surface area contributed by atoms with Gasteiger partial charge in [0.2, 0.25) is 5.91 Å². The quantitative estimate of drug-likeness (QED) is 0.893. The van der Waals surface area contributed by atoms with E-state index in [1.807, 2.05) is 0 Å². The Labute approximate surface area is 121 Å². The highest BCUT2D eigenvalue weighted by Crippen LogP contribution is 2.38. The topological polar surface area (TPSA) is 80.9 Å². The van der Waals surface area contributed by atoms with Gasteiger partial charge in [0.25, 0.3) is 0 Å². The van der Waals surface area contributed by atoms with Gasteiger partial charge in [-0.2, -0.15) is 0 Å². The first-order valence-corrected chi connectivity index (χ1v) is 7.34. The van der Waals surface area contributed by atoms with Gasteiger partial charge in [-0.1, -0.05) is 6.92 Å². The van der Waals surface area contributed by atoms with Crippen LogP contribution < -0.4 is 11.1 Å². The molecule has 5 nitrogen and oxygen atoms in total. The van der Waals surface area contributed by atoms with Gasteiger partial charge in [-0.3, -0.25) is 4.79 Å². The molecule has 0 unspecified atom stereocenters. The zero-order valence-corrected chi connectivity index (χ0v) is 12.6. The second-order valence-corrected chi connectivity index (χ2v) is 6.16. The van der Waals surface area contributed by atoms with Crippen LogP contribution in [0, 0.1) is 11.3 Å². The molecule has 1 fully saturated rings. The summed E-state index contributed by atoms with van der Waals surface area (Å²) in [4.78, 5) is 20.6. The van der Waals surface area contributed by atoms with Gasteiger partial charge in [0.15, 0.2) is 5.82 Å². The Morgan fingerprint density at radius 2 is 2.16 bits per heavy atom. The summed E-state index contributed by atoms with van der Waals surface area (Å²) in [5.74, 6) is 1.12. The number of hydrogen-bond acceptors (Lipinski definition) is 4. The molecule has 2 rings (SSSR count). The molecule has 0 aromatic carbocycles. The first-order valence-electron chi connectivity index (χ1n) is 6.55. The van der Waals surface area contributed by atoms with Gasteiger partial charge in [-0.25, -0.2) is 9.97 Å². The summed E-state index contributed by atoms with van der Waals surface area (Å²) in [6.45, 7) is 2.61. The number of nitrogens with zero attached hydrogens (tertiary/aromatic N) is 2. The number of rotatable bonds is 3. The fourth-order valence-corrected chi connectivity index (χ4v) is 2.67. The summed E-state index contributed by atoms with van der Waals surface area (Å²) in [7, 11) is 0. The fraction of sp³-hybridized carbons (Fsp3) is 0.615. The molecule has 1 aliphatic carbocycles. The number of hydrogen-bond donors (Lipinski definition) is 2. The third kappa shape index (κ3) is 3.30. The monoisotopic (exact) mass is 326 g/mol. The Hall–Kier alpha value is -1.01. The van der Waals surface area contributed by atoms with E-state index in [2.05, 4.69) is 38.1 Å². The summed E-state index contributed by atoms with van der Waals surface area (Å²) in [5, 5.41) is 2.83. The third-order valence-corrected chi connectivity index (χ3v) is 4.38. The molecule has 1 saturated carbocycles. The van der Waals surface area contributed by atoms with Gasteiger partial charge < -0.3 is 11.1 Å². The largest absolute Gasteiger partial charge is 0.329 e. The molecule has 0 radical (unpaired) electrons. The van der Waals surface area contributed by atoms with Crippen molar-refractivity contribution in [2.45, 2.75) is 32.6 Å². The zero-order valence-electron chi connectivity index (χ0n) is 11.0. The normalized spacial score (nSPS) is 27.0. The van der Waals surface area contributed by atoms with Crippen molar-refractivity contribution in [3.05, 3.63) is 17.0 Å². The van der Waals surface area contributed by atoms with Gasteiger partial charge in [0.1, 0.15) is 4.60 Å². The van der Waals surface area contributed by atoms with Crippen molar-refractivity contribution < 1.29 is 4.79 Å². The maximum atomic E-state index is 12.4. The first-order chi connectivity index (χ1) is 9.05. The second-order valence-electron chi connectivity index (χ2n) is 5.35. The Balaban J connectivity index is 2.06. The van der Waals surface area contributed by atoms with Crippen molar-refractivity contribution in [1.29, 1.82) is 0 Å². The molecule has 19 heavy (non-hydrogen) atoms. The van der Waals surface area contributed by atoms with Crippen LogP contribution in [0.5, 0.6) is 0 Å². The number of aromatic nitrogens is 2. The summed E-state index contributed by atoms with van der Waals surface area (Å²) in [6.07, 6.45) is 6.90. The van der Waals surface area contributed by atoms with Crippen molar-refractivity contribution in [3.63, 3.8) is 0 Å². The average Bonchev–Trinajstić information content (AvgIpc) is 2.42.